The van der Waals surface area contributed by atoms with Gasteiger partial charge in [-0.25, -0.2) is 0 Å². The van der Waals surface area contributed by atoms with E-state index in [0.717, 1.165) is 0 Å². The Balaban J connectivity index is 2.57. The highest BCUT2D eigenvalue weighted by Crippen LogP contribution is 2.46. The third-order valence-electron chi connectivity index (χ3n) is 1.96. The van der Waals surface area contributed by atoms with Crippen molar-refractivity contribution < 1.29 is 18.3 Å². The molecule has 0 atom stereocenters. The van der Waals surface area contributed by atoms with E-state index in [9.17, 15) is 4.57 Å². The van der Waals surface area contributed by atoms with Crippen LogP contribution in [-0.2, 0) is 18.3 Å². The van der Waals surface area contributed by atoms with Crippen LogP contribution in [0.5, 0.6) is 0 Å². The molecule has 5 nitrogen and oxygen atoms in total. The molecule has 16 heavy (non-hydrogen) atoms. The first-order chi connectivity index (χ1) is 7.61. The zero-order valence-corrected chi connectivity index (χ0v) is 10.1. The quantitative estimate of drug-likeness (QED) is 0.490. The molecule has 0 spiro atoms. The second-order valence-corrected chi connectivity index (χ2v) is 5.15. The molecule has 0 bridgehead atoms. The maximum absolute atomic E-state index is 11.6. The highest BCUT2D eigenvalue weighted by atomic mass is 31.2. The Morgan fingerprint density at radius 3 is 2.31 bits per heavy atom. The van der Waals surface area contributed by atoms with Crippen molar-refractivity contribution in [3.8, 4) is 0 Å². The van der Waals surface area contributed by atoms with Crippen LogP contribution in [0.15, 0.2) is 30.3 Å². The van der Waals surface area contributed by atoms with Gasteiger partial charge >= 0.3 is 7.60 Å². The molecular formula is C10H14NO4P. The average molecular weight is 243 g/mol. The first kappa shape index (κ1) is 12.9. The van der Waals surface area contributed by atoms with Crippen molar-refractivity contribution in [3.63, 3.8) is 0 Å². The Morgan fingerprint density at radius 1 is 1.25 bits per heavy atom. The lowest BCUT2D eigenvalue weighted by Gasteiger charge is -2.14. The molecule has 0 aliphatic carbocycles. The Bertz CT molecular complexity index is 385. The molecule has 0 aliphatic rings. The Hall–Kier alpha value is -1.16. The van der Waals surface area contributed by atoms with E-state index in [1.165, 1.54) is 14.2 Å². The van der Waals surface area contributed by atoms with Crippen LogP contribution in [0, 0.1) is 5.41 Å². The molecule has 0 unspecified atom stereocenters. The first-order valence-corrected chi connectivity index (χ1v) is 6.31. The zero-order valence-electron chi connectivity index (χ0n) is 9.17. The van der Waals surface area contributed by atoms with Crippen molar-refractivity contribution in [1.29, 1.82) is 5.41 Å². The smallest absolute Gasteiger partial charge is 0.367 e. The van der Waals surface area contributed by atoms with Gasteiger partial charge in [-0.05, 0) is 12.1 Å². The second-order valence-electron chi connectivity index (χ2n) is 2.94. The Morgan fingerprint density at radius 2 is 1.81 bits per heavy atom. The van der Waals surface area contributed by atoms with Crippen LogP contribution in [-0.4, -0.2) is 26.5 Å². The zero-order chi connectivity index (χ0) is 12.0. The van der Waals surface area contributed by atoms with E-state index in [1.54, 1.807) is 24.3 Å². The molecular weight excluding hydrogens is 229 g/mol. The van der Waals surface area contributed by atoms with E-state index in [-0.39, 0.29) is 12.2 Å². The average Bonchev–Trinajstić information content (AvgIpc) is 2.36. The number of nitrogens with one attached hydrogen (secondary N) is 1. The summed E-state index contributed by atoms with van der Waals surface area (Å²) in [5, 5.41) is 7.61. The van der Waals surface area contributed by atoms with E-state index in [4.69, 9.17) is 10.1 Å². The number of rotatable bonds is 5. The van der Waals surface area contributed by atoms with Gasteiger partial charge in [0.05, 0.1) is 0 Å². The van der Waals surface area contributed by atoms with Crippen molar-refractivity contribution in [2.75, 3.05) is 20.6 Å². The summed E-state index contributed by atoms with van der Waals surface area (Å²) >= 11 is 0. The van der Waals surface area contributed by atoms with E-state index in [1.807, 2.05) is 6.07 Å². The molecule has 1 N–H and O–H groups in total. The second kappa shape index (κ2) is 5.80. The Kier molecular flexibility index (Phi) is 4.68. The van der Waals surface area contributed by atoms with Crippen molar-refractivity contribution >= 4 is 13.5 Å². The lowest BCUT2D eigenvalue weighted by molar-refractivity contribution is 0.236. The molecule has 0 aliphatic heterocycles. The van der Waals surface area contributed by atoms with Crippen LogP contribution >= 0.6 is 7.60 Å². The van der Waals surface area contributed by atoms with Gasteiger partial charge in [0.15, 0.2) is 6.35 Å². The Labute approximate surface area is 94.4 Å². The third kappa shape index (κ3) is 3.45. The summed E-state index contributed by atoms with van der Waals surface area (Å²) in [5.41, 5.74) is 0.612. The molecule has 0 fully saturated rings. The summed E-state index contributed by atoms with van der Waals surface area (Å²) in [5.74, 6) is -0.0603. The van der Waals surface area contributed by atoms with Gasteiger partial charge < -0.3 is 13.8 Å². The molecule has 0 saturated carbocycles. The fourth-order valence-corrected chi connectivity index (χ4v) is 1.64. The minimum atomic E-state index is -3.22. The molecule has 1 aromatic carbocycles. The lowest BCUT2D eigenvalue weighted by atomic mass is 10.2. The molecule has 0 amide bonds. The van der Waals surface area contributed by atoms with Crippen LogP contribution < -0.4 is 0 Å². The maximum atomic E-state index is 11.6. The molecule has 0 radical (unpaired) electrons. The van der Waals surface area contributed by atoms with Crippen LogP contribution in [0.25, 0.3) is 0 Å². The van der Waals surface area contributed by atoms with Gasteiger partial charge in [0.2, 0.25) is 5.90 Å². The predicted octanol–water partition coefficient (Wildman–Crippen LogP) is 2.47. The first-order valence-electron chi connectivity index (χ1n) is 4.58. The summed E-state index contributed by atoms with van der Waals surface area (Å²) in [7, 11) is -0.663. The van der Waals surface area contributed by atoms with Gasteiger partial charge in [0.25, 0.3) is 0 Å². The summed E-state index contributed by atoms with van der Waals surface area (Å²) in [6.45, 7) is 0. The van der Waals surface area contributed by atoms with Crippen molar-refractivity contribution in [1.82, 2.24) is 0 Å². The topological polar surface area (TPSA) is 68.6 Å². The summed E-state index contributed by atoms with van der Waals surface area (Å²) < 4.78 is 26.0. The third-order valence-corrected chi connectivity index (χ3v) is 3.52. The maximum Gasteiger partial charge on any atom is 0.367 e. The molecule has 88 valence electrons. The molecule has 0 heterocycles. The molecule has 6 heteroatoms. The summed E-state index contributed by atoms with van der Waals surface area (Å²) in [6, 6.07) is 8.88. The van der Waals surface area contributed by atoms with E-state index in [0.29, 0.717) is 5.56 Å². The monoisotopic (exact) mass is 243 g/mol. The molecule has 1 rings (SSSR count). The van der Waals surface area contributed by atoms with Crippen molar-refractivity contribution in [3.05, 3.63) is 35.9 Å². The number of hydrogen-bond acceptors (Lipinski definition) is 5. The minimum absolute atomic E-state index is 0.0603. The predicted molar refractivity (Wildman–Crippen MR) is 60.8 cm³/mol. The molecule has 0 aromatic heterocycles. The van der Waals surface area contributed by atoms with Crippen molar-refractivity contribution in [2.24, 2.45) is 0 Å². The van der Waals surface area contributed by atoms with Gasteiger partial charge in [-0.2, -0.15) is 0 Å². The van der Waals surface area contributed by atoms with Crippen LogP contribution in [0.4, 0.5) is 0 Å². The lowest BCUT2D eigenvalue weighted by Crippen LogP contribution is -2.08. The van der Waals surface area contributed by atoms with Crippen molar-refractivity contribution in [2.45, 2.75) is 0 Å². The molecule has 0 saturated heterocycles. The van der Waals surface area contributed by atoms with Gasteiger partial charge in [-0.1, -0.05) is 18.2 Å². The van der Waals surface area contributed by atoms with Gasteiger partial charge in [0.1, 0.15) is 0 Å². The van der Waals surface area contributed by atoms with E-state index >= 15 is 0 Å². The van der Waals surface area contributed by atoms with Gasteiger partial charge in [0, 0.05) is 19.8 Å². The largest absolute Gasteiger partial charge is 0.465 e. The number of benzene rings is 1. The SMILES string of the molecule is COP(=O)(COC(=N)c1ccccc1)OC. The van der Waals surface area contributed by atoms with Gasteiger partial charge in [-0.3, -0.25) is 9.97 Å². The standard InChI is InChI=1S/C10H14NO4P/c1-13-16(12,14-2)8-15-10(11)9-6-4-3-5-7-9/h3-7,11H,8H2,1-2H3. The van der Waals surface area contributed by atoms with E-state index < -0.39 is 7.60 Å². The normalized spacial score (nSPS) is 11.1. The van der Waals surface area contributed by atoms with Crippen LogP contribution in [0.2, 0.25) is 0 Å². The fraction of sp³-hybridized carbons (Fsp3) is 0.300. The minimum Gasteiger partial charge on any atom is -0.465 e. The fourth-order valence-electron chi connectivity index (χ4n) is 0.996. The van der Waals surface area contributed by atoms with Gasteiger partial charge in [-0.15, -0.1) is 0 Å². The van der Waals surface area contributed by atoms with Crippen LogP contribution in [0.1, 0.15) is 5.56 Å². The highest BCUT2D eigenvalue weighted by molar-refractivity contribution is 7.53. The number of ether oxygens (including phenoxy) is 1. The van der Waals surface area contributed by atoms with Crippen LogP contribution in [0.3, 0.4) is 0 Å². The molecule has 1 aromatic rings. The highest BCUT2D eigenvalue weighted by Gasteiger charge is 2.22. The summed E-state index contributed by atoms with van der Waals surface area (Å²) in [4.78, 5) is 0. The van der Waals surface area contributed by atoms with E-state index in [2.05, 4.69) is 9.05 Å². The summed E-state index contributed by atoms with van der Waals surface area (Å²) in [6.07, 6.45) is -0.270. The number of hydrogen-bond donors (Lipinski definition) is 1.